The number of sulfonamides is 1. The number of benzene rings is 3. The molecular weight excluding hydrogens is 462 g/mol. The van der Waals surface area contributed by atoms with E-state index < -0.39 is 10.0 Å². The summed E-state index contributed by atoms with van der Waals surface area (Å²) in [6.45, 7) is 6.06. The van der Waals surface area contributed by atoms with Crippen molar-refractivity contribution in [2.24, 2.45) is 0 Å². The second kappa shape index (κ2) is 10.4. The largest absolute Gasteiger partial charge is 0.497 e. The first-order valence-electron chi connectivity index (χ1n) is 11.6. The van der Waals surface area contributed by atoms with Crippen molar-refractivity contribution in [1.29, 1.82) is 0 Å². The number of hydrogen-bond acceptors (Lipinski definition) is 5. The zero-order chi connectivity index (χ0) is 25.0. The van der Waals surface area contributed by atoms with E-state index in [-0.39, 0.29) is 17.3 Å². The highest BCUT2D eigenvalue weighted by Gasteiger charge is 2.30. The molecule has 1 amide bonds. The topological polar surface area (TPSA) is 70.2 Å². The third kappa shape index (κ3) is 5.43. The molecular formula is C27H31N3O4S. The standard InChI is InChI=1S/C27H31N3O4S/c1-21-9-10-24(19-22(21)2)30(35(32,33)26-7-5-4-6-8-26)20-27(31)29-17-15-28(16-18-29)23-11-13-25(34-3)14-12-23/h4-14,19H,15-18,20H2,1-3H3. The summed E-state index contributed by atoms with van der Waals surface area (Å²) in [5.41, 5.74) is 3.59. The van der Waals surface area contributed by atoms with Gasteiger partial charge in [0.15, 0.2) is 0 Å². The van der Waals surface area contributed by atoms with Crippen LogP contribution in [0.1, 0.15) is 11.1 Å². The molecule has 8 heteroatoms. The van der Waals surface area contributed by atoms with Crippen LogP contribution in [0.4, 0.5) is 11.4 Å². The van der Waals surface area contributed by atoms with Gasteiger partial charge in [-0.1, -0.05) is 24.3 Å². The van der Waals surface area contributed by atoms with Gasteiger partial charge in [-0.3, -0.25) is 9.10 Å². The number of methoxy groups -OCH3 is 1. The summed E-state index contributed by atoms with van der Waals surface area (Å²) in [5, 5.41) is 0. The number of carbonyl (C=O) groups excluding carboxylic acids is 1. The van der Waals surface area contributed by atoms with E-state index in [0.717, 1.165) is 22.6 Å². The molecule has 0 aromatic heterocycles. The lowest BCUT2D eigenvalue weighted by atomic mass is 10.1. The van der Waals surface area contributed by atoms with E-state index in [4.69, 9.17) is 4.74 Å². The van der Waals surface area contributed by atoms with Gasteiger partial charge >= 0.3 is 0 Å². The first-order chi connectivity index (χ1) is 16.8. The minimum absolute atomic E-state index is 0.162. The molecule has 1 saturated heterocycles. The van der Waals surface area contributed by atoms with Gasteiger partial charge in [-0.25, -0.2) is 8.42 Å². The normalized spacial score (nSPS) is 14.0. The lowest BCUT2D eigenvalue weighted by Crippen LogP contribution is -2.52. The van der Waals surface area contributed by atoms with Gasteiger partial charge in [0, 0.05) is 31.9 Å². The Kier molecular flexibility index (Phi) is 7.31. The summed E-state index contributed by atoms with van der Waals surface area (Å²) < 4.78 is 33.6. The Morgan fingerprint density at radius 2 is 1.54 bits per heavy atom. The summed E-state index contributed by atoms with van der Waals surface area (Å²) in [7, 11) is -2.28. The highest BCUT2D eigenvalue weighted by molar-refractivity contribution is 7.92. The predicted octanol–water partition coefficient (Wildman–Crippen LogP) is 3.86. The molecule has 1 aliphatic rings. The Balaban J connectivity index is 1.52. The van der Waals surface area contributed by atoms with Gasteiger partial charge < -0.3 is 14.5 Å². The van der Waals surface area contributed by atoms with Crippen LogP contribution in [-0.2, 0) is 14.8 Å². The average Bonchev–Trinajstić information content (AvgIpc) is 2.89. The molecule has 0 N–H and O–H groups in total. The average molecular weight is 494 g/mol. The van der Waals surface area contributed by atoms with Crippen LogP contribution in [0.3, 0.4) is 0 Å². The van der Waals surface area contributed by atoms with Gasteiger partial charge in [0.1, 0.15) is 12.3 Å². The highest BCUT2D eigenvalue weighted by atomic mass is 32.2. The fraction of sp³-hybridized carbons (Fsp3) is 0.296. The van der Waals surface area contributed by atoms with Gasteiger partial charge in [-0.2, -0.15) is 0 Å². The van der Waals surface area contributed by atoms with Crippen molar-refractivity contribution >= 4 is 27.3 Å². The summed E-state index contributed by atoms with van der Waals surface area (Å²) in [5.74, 6) is 0.589. The minimum Gasteiger partial charge on any atom is -0.497 e. The molecule has 0 atom stereocenters. The number of rotatable bonds is 7. The zero-order valence-electron chi connectivity index (χ0n) is 20.3. The maximum atomic E-state index is 13.6. The molecule has 4 rings (SSSR count). The first-order valence-corrected chi connectivity index (χ1v) is 13.1. The third-order valence-corrected chi connectivity index (χ3v) is 8.25. The Bertz CT molecular complexity index is 1270. The molecule has 35 heavy (non-hydrogen) atoms. The number of amides is 1. The lowest BCUT2D eigenvalue weighted by molar-refractivity contribution is -0.129. The second-order valence-electron chi connectivity index (χ2n) is 8.66. The molecule has 1 heterocycles. The Morgan fingerprint density at radius 3 is 2.14 bits per heavy atom. The van der Waals surface area contributed by atoms with Crippen molar-refractivity contribution < 1.29 is 17.9 Å². The molecule has 0 bridgehead atoms. The monoisotopic (exact) mass is 493 g/mol. The van der Waals surface area contributed by atoms with Crippen LogP contribution in [0.2, 0.25) is 0 Å². The van der Waals surface area contributed by atoms with Crippen molar-refractivity contribution in [3.63, 3.8) is 0 Å². The lowest BCUT2D eigenvalue weighted by Gasteiger charge is -2.37. The number of piperazine rings is 1. The molecule has 3 aromatic carbocycles. The molecule has 184 valence electrons. The number of nitrogens with zero attached hydrogens (tertiary/aromatic N) is 3. The van der Waals surface area contributed by atoms with Gasteiger partial charge in [-0.05, 0) is 73.5 Å². The molecule has 3 aromatic rings. The van der Waals surface area contributed by atoms with Gasteiger partial charge in [-0.15, -0.1) is 0 Å². The van der Waals surface area contributed by atoms with E-state index >= 15 is 0 Å². The second-order valence-corrected chi connectivity index (χ2v) is 10.5. The molecule has 0 aliphatic carbocycles. The van der Waals surface area contributed by atoms with Crippen LogP contribution in [0.25, 0.3) is 0 Å². The van der Waals surface area contributed by atoms with Gasteiger partial charge in [0.25, 0.3) is 10.0 Å². The van der Waals surface area contributed by atoms with E-state index in [1.54, 1.807) is 48.4 Å². The van der Waals surface area contributed by atoms with Crippen LogP contribution in [0, 0.1) is 13.8 Å². The fourth-order valence-electron chi connectivity index (χ4n) is 4.15. The summed E-state index contributed by atoms with van der Waals surface area (Å²) in [6, 6.07) is 21.6. The molecule has 0 saturated carbocycles. The van der Waals surface area contributed by atoms with E-state index in [9.17, 15) is 13.2 Å². The smallest absolute Gasteiger partial charge is 0.264 e. The summed E-state index contributed by atoms with van der Waals surface area (Å²) in [4.78, 5) is 17.4. The Labute approximate surface area is 207 Å². The van der Waals surface area contributed by atoms with Crippen molar-refractivity contribution in [1.82, 2.24) is 4.90 Å². The number of aryl methyl sites for hydroxylation is 2. The molecule has 1 fully saturated rings. The van der Waals surface area contributed by atoms with E-state index in [1.807, 2.05) is 50.2 Å². The Morgan fingerprint density at radius 1 is 0.886 bits per heavy atom. The van der Waals surface area contributed by atoms with E-state index in [2.05, 4.69) is 4.90 Å². The number of ether oxygens (including phenoxy) is 1. The molecule has 0 radical (unpaired) electrons. The van der Waals surface area contributed by atoms with Crippen LogP contribution in [0.5, 0.6) is 5.75 Å². The molecule has 1 aliphatic heterocycles. The van der Waals surface area contributed by atoms with Crippen LogP contribution in [0.15, 0.2) is 77.7 Å². The SMILES string of the molecule is COc1ccc(N2CCN(C(=O)CN(c3ccc(C)c(C)c3)S(=O)(=O)c3ccccc3)CC2)cc1. The maximum absolute atomic E-state index is 13.6. The number of carbonyl (C=O) groups is 1. The van der Waals surface area contributed by atoms with Crippen molar-refractivity contribution in [2.45, 2.75) is 18.7 Å². The first kappa shape index (κ1) is 24.6. The Hall–Kier alpha value is -3.52. The van der Waals surface area contributed by atoms with Gasteiger partial charge in [0.2, 0.25) is 5.91 Å². The third-order valence-electron chi connectivity index (χ3n) is 6.46. The number of hydrogen-bond donors (Lipinski definition) is 0. The van der Waals surface area contributed by atoms with Crippen LogP contribution >= 0.6 is 0 Å². The molecule has 0 spiro atoms. The van der Waals surface area contributed by atoms with Crippen LogP contribution in [-0.4, -0.2) is 59.1 Å². The zero-order valence-corrected chi connectivity index (χ0v) is 21.2. The molecule has 7 nitrogen and oxygen atoms in total. The van der Waals surface area contributed by atoms with Crippen molar-refractivity contribution in [3.8, 4) is 5.75 Å². The van der Waals surface area contributed by atoms with Gasteiger partial charge in [0.05, 0.1) is 17.7 Å². The number of anilines is 2. The van der Waals surface area contributed by atoms with Crippen molar-refractivity contribution in [2.75, 3.05) is 49.0 Å². The molecule has 0 unspecified atom stereocenters. The minimum atomic E-state index is -3.91. The summed E-state index contributed by atoms with van der Waals surface area (Å²) in [6.07, 6.45) is 0. The fourth-order valence-corrected chi connectivity index (χ4v) is 5.57. The quantitative estimate of drug-likeness (QED) is 0.500. The van der Waals surface area contributed by atoms with E-state index in [1.165, 1.54) is 4.31 Å². The predicted molar refractivity (Wildman–Crippen MR) is 139 cm³/mol. The van der Waals surface area contributed by atoms with Crippen molar-refractivity contribution in [3.05, 3.63) is 83.9 Å². The van der Waals surface area contributed by atoms with E-state index in [0.29, 0.717) is 31.9 Å². The summed E-state index contributed by atoms with van der Waals surface area (Å²) >= 11 is 0. The maximum Gasteiger partial charge on any atom is 0.264 e. The van der Waals surface area contributed by atoms with Crippen LogP contribution < -0.4 is 13.9 Å². The highest BCUT2D eigenvalue weighted by Crippen LogP contribution is 2.26.